The fraction of sp³-hybridized carbons (Fsp3) is 0.462. The van der Waals surface area contributed by atoms with Crippen molar-refractivity contribution in [1.82, 2.24) is 14.9 Å². The zero-order valence-electron chi connectivity index (χ0n) is 18.8. The third-order valence-electron chi connectivity index (χ3n) is 7.03. The highest BCUT2D eigenvalue weighted by molar-refractivity contribution is 5.80. The number of imidazole rings is 1. The average Bonchev–Trinajstić information content (AvgIpc) is 3.43. The lowest BCUT2D eigenvalue weighted by Crippen LogP contribution is -2.41. The molecule has 168 valence electrons. The largest absolute Gasteiger partial charge is 0.493 e. The first kappa shape index (κ1) is 20.9. The van der Waals surface area contributed by atoms with E-state index in [-0.39, 0.29) is 23.8 Å². The standard InChI is InChI=1S/C26H31N3O3/c1-29-22-10-6-5-9-21(22)28-25(29)15-18-13-19(16-27-26(18)30)17-11-12-23(31-2)24(14-17)32-20-7-3-4-8-20/h5-6,9-12,14,18-20H,3-4,7-8,13,15-16H2,1-2H3,(H,27,30)/t18-,19+/m0/s1. The van der Waals surface area contributed by atoms with Gasteiger partial charge in [0.25, 0.3) is 0 Å². The Morgan fingerprint density at radius 1 is 1.12 bits per heavy atom. The highest BCUT2D eigenvalue weighted by Crippen LogP contribution is 2.37. The molecule has 1 aliphatic carbocycles. The number of para-hydroxylation sites is 2. The minimum absolute atomic E-state index is 0.106. The average molecular weight is 434 g/mol. The molecular weight excluding hydrogens is 402 g/mol. The van der Waals surface area contributed by atoms with Gasteiger partial charge in [0.1, 0.15) is 5.82 Å². The summed E-state index contributed by atoms with van der Waals surface area (Å²) in [6.45, 7) is 0.646. The van der Waals surface area contributed by atoms with Crippen LogP contribution in [-0.4, -0.2) is 35.2 Å². The molecule has 1 amide bonds. The van der Waals surface area contributed by atoms with Crippen LogP contribution in [0.5, 0.6) is 11.5 Å². The van der Waals surface area contributed by atoms with E-state index in [0.717, 1.165) is 47.6 Å². The highest BCUT2D eigenvalue weighted by Gasteiger charge is 2.31. The summed E-state index contributed by atoms with van der Waals surface area (Å²) in [5.41, 5.74) is 3.26. The zero-order chi connectivity index (χ0) is 22.1. The third kappa shape index (κ3) is 4.06. The number of carbonyl (C=O) groups is 1. The van der Waals surface area contributed by atoms with Gasteiger partial charge in [0.05, 0.1) is 24.2 Å². The van der Waals surface area contributed by atoms with Crippen LogP contribution in [0.3, 0.4) is 0 Å². The van der Waals surface area contributed by atoms with E-state index in [1.165, 1.54) is 18.4 Å². The SMILES string of the molecule is COc1ccc([C@H]2CNC(=O)[C@H](Cc3nc4ccccc4n3C)C2)cc1OC1CCCC1. The molecule has 3 aromatic rings. The number of hydrogen-bond donors (Lipinski definition) is 1. The van der Waals surface area contributed by atoms with Crippen LogP contribution in [0.4, 0.5) is 0 Å². The number of ether oxygens (including phenoxy) is 2. The summed E-state index contributed by atoms with van der Waals surface area (Å²) in [4.78, 5) is 17.5. The summed E-state index contributed by atoms with van der Waals surface area (Å²) >= 11 is 0. The number of aromatic nitrogens is 2. The van der Waals surface area contributed by atoms with E-state index in [2.05, 4.69) is 28.1 Å². The smallest absolute Gasteiger partial charge is 0.223 e. The number of aryl methyl sites for hydroxylation is 1. The Bertz CT molecular complexity index is 1120. The van der Waals surface area contributed by atoms with E-state index >= 15 is 0 Å². The van der Waals surface area contributed by atoms with Gasteiger partial charge in [-0.25, -0.2) is 4.98 Å². The van der Waals surface area contributed by atoms with E-state index in [4.69, 9.17) is 14.5 Å². The van der Waals surface area contributed by atoms with Gasteiger partial charge in [0.2, 0.25) is 5.91 Å². The number of piperidine rings is 1. The molecule has 32 heavy (non-hydrogen) atoms. The number of amides is 1. The molecule has 6 heteroatoms. The Balaban J connectivity index is 1.35. The second-order valence-corrected chi connectivity index (χ2v) is 9.09. The van der Waals surface area contributed by atoms with Gasteiger partial charge in [-0.05, 0) is 61.9 Å². The second-order valence-electron chi connectivity index (χ2n) is 9.09. The second kappa shape index (κ2) is 8.85. The number of nitrogens with zero attached hydrogens (tertiary/aromatic N) is 2. The van der Waals surface area contributed by atoms with Gasteiger partial charge in [-0.2, -0.15) is 0 Å². The number of carbonyl (C=O) groups excluding carboxylic acids is 1. The Morgan fingerprint density at radius 3 is 2.72 bits per heavy atom. The van der Waals surface area contributed by atoms with Crippen molar-refractivity contribution in [3.63, 3.8) is 0 Å². The predicted octanol–water partition coefficient (Wildman–Crippen LogP) is 4.37. The van der Waals surface area contributed by atoms with Gasteiger partial charge in [-0.3, -0.25) is 4.79 Å². The van der Waals surface area contributed by atoms with Crippen LogP contribution in [0.2, 0.25) is 0 Å². The molecule has 0 spiro atoms. The molecule has 2 aromatic carbocycles. The van der Waals surface area contributed by atoms with E-state index < -0.39 is 0 Å². The summed E-state index contributed by atoms with van der Waals surface area (Å²) in [7, 11) is 3.71. The van der Waals surface area contributed by atoms with Crippen molar-refractivity contribution in [2.75, 3.05) is 13.7 Å². The van der Waals surface area contributed by atoms with Gasteiger partial charge < -0.3 is 19.4 Å². The van der Waals surface area contributed by atoms with Crippen molar-refractivity contribution in [3.05, 3.63) is 53.9 Å². The van der Waals surface area contributed by atoms with Crippen LogP contribution in [0.25, 0.3) is 11.0 Å². The number of rotatable bonds is 6. The van der Waals surface area contributed by atoms with Crippen molar-refractivity contribution in [2.24, 2.45) is 13.0 Å². The van der Waals surface area contributed by atoms with Crippen LogP contribution in [0, 0.1) is 5.92 Å². The number of methoxy groups -OCH3 is 1. The number of benzene rings is 2. The van der Waals surface area contributed by atoms with Crippen molar-refractivity contribution in [2.45, 2.75) is 50.5 Å². The first-order chi connectivity index (χ1) is 15.6. The number of fused-ring (bicyclic) bond motifs is 1. The molecule has 6 nitrogen and oxygen atoms in total. The van der Waals surface area contributed by atoms with Gasteiger partial charge >= 0.3 is 0 Å². The lowest BCUT2D eigenvalue weighted by molar-refractivity contribution is -0.127. The molecule has 1 aromatic heterocycles. The van der Waals surface area contributed by atoms with E-state index in [9.17, 15) is 4.79 Å². The first-order valence-electron chi connectivity index (χ1n) is 11.6. The van der Waals surface area contributed by atoms with Crippen molar-refractivity contribution in [1.29, 1.82) is 0 Å². The molecule has 1 aliphatic heterocycles. The van der Waals surface area contributed by atoms with Crippen LogP contribution in [0.1, 0.15) is 49.4 Å². The van der Waals surface area contributed by atoms with Gasteiger partial charge in [-0.15, -0.1) is 0 Å². The minimum Gasteiger partial charge on any atom is -0.493 e. The zero-order valence-corrected chi connectivity index (χ0v) is 18.8. The maximum atomic E-state index is 12.7. The molecule has 5 rings (SSSR count). The normalized spacial score (nSPS) is 21.6. The third-order valence-corrected chi connectivity index (χ3v) is 7.03. The number of nitrogens with one attached hydrogen (secondary N) is 1. The molecule has 2 aliphatic rings. The summed E-state index contributed by atoms with van der Waals surface area (Å²) in [5.74, 6) is 2.79. The molecule has 1 N–H and O–H groups in total. The molecule has 2 heterocycles. The topological polar surface area (TPSA) is 65.4 Å². The predicted molar refractivity (Wildman–Crippen MR) is 124 cm³/mol. The quantitative estimate of drug-likeness (QED) is 0.627. The monoisotopic (exact) mass is 433 g/mol. The van der Waals surface area contributed by atoms with Crippen LogP contribution in [-0.2, 0) is 18.3 Å². The maximum absolute atomic E-state index is 12.7. The fourth-order valence-corrected chi connectivity index (χ4v) is 5.16. The van der Waals surface area contributed by atoms with Gasteiger partial charge in [0.15, 0.2) is 11.5 Å². The minimum atomic E-state index is -0.106. The fourth-order valence-electron chi connectivity index (χ4n) is 5.16. The van der Waals surface area contributed by atoms with Crippen molar-refractivity contribution < 1.29 is 14.3 Å². The maximum Gasteiger partial charge on any atom is 0.223 e. The molecule has 0 unspecified atom stereocenters. The Morgan fingerprint density at radius 2 is 1.94 bits per heavy atom. The highest BCUT2D eigenvalue weighted by atomic mass is 16.5. The molecular formula is C26H31N3O3. The van der Waals surface area contributed by atoms with Gasteiger partial charge in [0, 0.05) is 31.8 Å². The summed E-state index contributed by atoms with van der Waals surface area (Å²) in [6, 6.07) is 14.3. The molecule has 2 fully saturated rings. The lowest BCUT2D eigenvalue weighted by Gasteiger charge is -2.30. The summed E-state index contributed by atoms with van der Waals surface area (Å²) in [5, 5.41) is 3.13. The lowest BCUT2D eigenvalue weighted by atomic mass is 9.83. The molecule has 1 saturated heterocycles. The Labute approximate surface area is 188 Å². The van der Waals surface area contributed by atoms with Crippen molar-refractivity contribution >= 4 is 16.9 Å². The van der Waals surface area contributed by atoms with Crippen LogP contribution < -0.4 is 14.8 Å². The van der Waals surface area contributed by atoms with Gasteiger partial charge in [-0.1, -0.05) is 18.2 Å². The Kier molecular flexibility index (Phi) is 5.77. The van der Waals surface area contributed by atoms with Crippen LogP contribution >= 0.6 is 0 Å². The molecule has 2 atom stereocenters. The van der Waals surface area contributed by atoms with E-state index in [0.29, 0.717) is 13.0 Å². The van der Waals surface area contributed by atoms with E-state index in [1.807, 2.05) is 31.3 Å². The first-order valence-corrected chi connectivity index (χ1v) is 11.6. The molecule has 0 bridgehead atoms. The summed E-state index contributed by atoms with van der Waals surface area (Å²) in [6.07, 6.45) is 6.37. The van der Waals surface area contributed by atoms with Crippen molar-refractivity contribution in [3.8, 4) is 11.5 Å². The molecule has 0 radical (unpaired) electrons. The molecule has 1 saturated carbocycles. The van der Waals surface area contributed by atoms with E-state index in [1.54, 1.807) is 7.11 Å². The summed E-state index contributed by atoms with van der Waals surface area (Å²) < 4.78 is 14.0. The Hall–Kier alpha value is -3.02. The van der Waals surface area contributed by atoms with Crippen LogP contribution in [0.15, 0.2) is 42.5 Å². The number of hydrogen-bond acceptors (Lipinski definition) is 4.